The molecule has 0 aliphatic heterocycles. The monoisotopic (exact) mass is 198 g/mol. The number of aryl methyl sites for hydroxylation is 1. The van der Waals surface area contributed by atoms with Crippen molar-refractivity contribution < 1.29 is 9.90 Å². The van der Waals surface area contributed by atoms with E-state index >= 15 is 0 Å². The average molecular weight is 198 g/mol. The van der Waals surface area contributed by atoms with Gasteiger partial charge in [-0.15, -0.1) is 11.3 Å². The van der Waals surface area contributed by atoms with Crippen LogP contribution >= 0.6 is 11.3 Å². The van der Waals surface area contributed by atoms with E-state index in [1.54, 1.807) is 13.8 Å². The lowest BCUT2D eigenvalue weighted by molar-refractivity contribution is -0.142. The molecule has 0 bridgehead atoms. The van der Waals surface area contributed by atoms with E-state index in [9.17, 15) is 4.79 Å². The molecule has 0 radical (unpaired) electrons. The maximum Gasteiger partial charge on any atom is 0.314 e. The van der Waals surface area contributed by atoms with Crippen LogP contribution in [0.25, 0.3) is 0 Å². The Hall–Kier alpha value is -0.830. The Morgan fingerprint density at radius 2 is 2.23 bits per heavy atom. The molecule has 0 saturated heterocycles. The Morgan fingerprint density at radius 3 is 2.69 bits per heavy atom. The van der Waals surface area contributed by atoms with Crippen LogP contribution in [0.15, 0.2) is 11.4 Å². The second kappa shape index (κ2) is 3.50. The third-order valence-electron chi connectivity index (χ3n) is 2.23. The summed E-state index contributed by atoms with van der Waals surface area (Å²) >= 11 is 1.53. The molecule has 0 fully saturated rings. The van der Waals surface area contributed by atoms with Crippen molar-refractivity contribution in [3.05, 3.63) is 21.9 Å². The van der Waals surface area contributed by atoms with Gasteiger partial charge >= 0.3 is 5.97 Å². The first kappa shape index (κ1) is 10.3. The van der Waals surface area contributed by atoms with Gasteiger partial charge < -0.3 is 5.11 Å². The van der Waals surface area contributed by atoms with Gasteiger partial charge in [0, 0.05) is 4.88 Å². The SMILES string of the molecule is CCc1ccsc1C(C)(C)C(=O)O. The fourth-order valence-electron chi connectivity index (χ4n) is 1.26. The van der Waals surface area contributed by atoms with E-state index in [1.165, 1.54) is 11.3 Å². The van der Waals surface area contributed by atoms with Crippen molar-refractivity contribution in [3.8, 4) is 0 Å². The van der Waals surface area contributed by atoms with Crippen LogP contribution in [0.3, 0.4) is 0 Å². The van der Waals surface area contributed by atoms with Crippen molar-refractivity contribution in [1.29, 1.82) is 0 Å². The third-order valence-corrected chi connectivity index (χ3v) is 3.51. The second-order valence-corrected chi connectivity index (χ2v) is 4.47. The molecule has 0 aromatic carbocycles. The molecular weight excluding hydrogens is 184 g/mol. The molecule has 72 valence electrons. The van der Waals surface area contributed by atoms with Crippen LogP contribution in [0.5, 0.6) is 0 Å². The molecule has 0 atom stereocenters. The number of carbonyl (C=O) groups is 1. The number of rotatable bonds is 3. The van der Waals surface area contributed by atoms with Crippen LogP contribution in [0, 0.1) is 0 Å². The summed E-state index contributed by atoms with van der Waals surface area (Å²) in [4.78, 5) is 12.0. The molecule has 0 spiro atoms. The highest BCUT2D eigenvalue weighted by molar-refractivity contribution is 7.10. The van der Waals surface area contributed by atoms with Crippen molar-refractivity contribution in [2.45, 2.75) is 32.6 Å². The Morgan fingerprint density at radius 1 is 1.62 bits per heavy atom. The maximum atomic E-state index is 11.0. The highest BCUT2D eigenvalue weighted by atomic mass is 32.1. The van der Waals surface area contributed by atoms with Crippen molar-refractivity contribution in [3.63, 3.8) is 0 Å². The zero-order valence-corrected chi connectivity index (χ0v) is 8.94. The van der Waals surface area contributed by atoms with Crippen molar-refractivity contribution in [1.82, 2.24) is 0 Å². The summed E-state index contributed by atoms with van der Waals surface area (Å²) in [6.45, 7) is 5.55. The molecule has 0 saturated carbocycles. The Balaban J connectivity index is 3.13. The number of aliphatic carboxylic acids is 1. The second-order valence-electron chi connectivity index (χ2n) is 3.56. The molecule has 1 rings (SSSR count). The number of carboxylic acid groups (broad SMARTS) is 1. The summed E-state index contributed by atoms with van der Waals surface area (Å²) < 4.78 is 0. The molecule has 1 aromatic rings. The van der Waals surface area contributed by atoms with Crippen LogP contribution in [0.1, 0.15) is 31.2 Å². The normalized spacial score (nSPS) is 11.6. The minimum absolute atomic E-state index is 0.750. The predicted molar refractivity (Wildman–Crippen MR) is 54.4 cm³/mol. The maximum absolute atomic E-state index is 11.0. The summed E-state index contributed by atoms with van der Waals surface area (Å²) in [6, 6.07) is 2.00. The lowest BCUT2D eigenvalue weighted by atomic mass is 9.89. The average Bonchev–Trinajstić information content (AvgIpc) is 2.51. The van der Waals surface area contributed by atoms with Gasteiger partial charge in [-0.25, -0.2) is 0 Å². The summed E-state index contributed by atoms with van der Waals surface area (Å²) in [7, 11) is 0. The lowest BCUT2D eigenvalue weighted by Crippen LogP contribution is -2.28. The number of carboxylic acids is 1. The van der Waals surface area contributed by atoms with Gasteiger partial charge in [-0.2, -0.15) is 0 Å². The zero-order valence-electron chi connectivity index (χ0n) is 8.13. The van der Waals surface area contributed by atoms with E-state index in [0.717, 1.165) is 16.9 Å². The fourth-order valence-corrected chi connectivity index (χ4v) is 2.37. The molecule has 0 aliphatic rings. The van der Waals surface area contributed by atoms with Gasteiger partial charge in [0.15, 0.2) is 0 Å². The van der Waals surface area contributed by atoms with Crippen molar-refractivity contribution in [2.75, 3.05) is 0 Å². The van der Waals surface area contributed by atoms with E-state index in [0.29, 0.717) is 0 Å². The molecule has 1 heterocycles. The van der Waals surface area contributed by atoms with Gasteiger partial charge in [0.1, 0.15) is 0 Å². The molecular formula is C10H14O2S. The van der Waals surface area contributed by atoms with Gasteiger partial charge in [-0.3, -0.25) is 4.79 Å². The summed E-state index contributed by atoms with van der Waals surface area (Å²) in [5.41, 5.74) is 0.400. The molecule has 0 aliphatic carbocycles. The number of hydrogen-bond acceptors (Lipinski definition) is 2. The first-order valence-electron chi connectivity index (χ1n) is 4.30. The van der Waals surface area contributed by atoms with Crippen molar-refractivity contribution >= 4 is 17.3 Å². The highest BCUT2D eigenvalue weighted by Gasteiger charge is 2.32. The number of hydrogen-bond donors (Lipinski definition) is 1. The molecule has 13 heavy (non-hydrogen) atoms. The molecule has 0 amide bonds. The molecule has 3 heteroatoms. The quantitative estimate of drug-likeness (QED) is 0.810. The molecule has 2 nitrogen and oxygen atoms in total. The van der Waals surface area contributed by atoms with E-state index in [2.05, 4.69) is 0 Å². The van der Waals surface area contributed by atoms with Gasteiger partial charge in [-0.05, 0) is 37.3 Å². The third kappa shape index (κ3) is 1.75. The van der Waals surface area contributed by atoms with Crippen LogP contribution < -0.4 is 0 Å². The van der Waals surface area contributed by atoms with Crippen LogP contribution in [0.4, 0.5) is 0 Å². The van der Waals surface area contributed by atoms with Crippen molar-refractivity contribution in [2.24, 2.45) is 0 Å². The van der Waals surface area contributed by atoms with E-state index in [4.69, 9.17) is 5.11 Å². The zero-order chi connectivity index (χ0) is 10.1. The molecule has 0 unspecified atom stereocenters. The smallest absolute Gasteiger partial charge is 0.314 e. The summed E-state index contributed by atoms with van der Waals surface area (Å²) in [5, 5.41) is 11.0. The van der Waals surface area contributed by atoms with Crippen LogP contribution in [0.2, 0.25) is 0 Å². The summed E-state index contributed by atoms with van der Waals surface area (Å²) in [6.07, 6.45) is 0.898. The van der Waals surface area contributed by atoms with Gasteiger partial charge in [0.05, 0.1) is 5.41 Å². The van der Waals surface area contributed by atoms with E-state index in [-0.39, 0.29) is 0 Å². The first-order chi connectivity index (χ1) is 6.00. The largest absolute Gasteiger partial charge is 0.481 e. The van der Waals surface area contributed by atoms with Crippen LogP contribution in [-0.2, 0) is 16.6 Å². The fraction of sp³-hybridized carbons (Fsp3) is 0.500. The van der Waals surface area contributed by atoms with Gasteiger partial charge in [-0.1, -0.05) is 6.92 Å². The Bertz CT molecular complexity index is 312. The molecule has 1 N–H and O–H groups in total. The van der Waals surface area contributed by atoms with E-state index in [1.807, 2.05) is 18.4 Å². The minimum Gasteiger partial charge on any atom is -0.481 e. The first-order valence-corrected chi connectivity index (χ1v) is 5.18. The van der Waals surface area contributed by atoms with Gasteiger partial charge in [0.2, 0.25) is 0 Å². The van der Waals surface area contributed by atoms with Gasteiger partial charge in [0.25, 0.3) is 0 Å². The van der Waals surface area contributed by atoms with Crippen LogP contribution in [-0.4, -0.2) is 11.1 Å². The van der Waals surface area contributed by atoms with E-state index < -0.39 is 11.4 Å². The highest BCUT2D eigenvalue weighted by Crippen LogP contribution is 2.31. The Kier molecular flexibility index (Phi) is 2.76. The topological polar surface area (TPSA) is 37.3 Å². The minimum atomic E-state index is -0.760. The number of thiophene rings is 1. The standard InChI is InChI=1S/C10H14O2S/c1-4-7-5-6-13-8(7)10(2,3)9(11)12/h5-6H,4H2,1-3H3,(H,11,12). The Labute approximate surface area is 82.2 Å². The predicted octanol–water partition coefficient (Wildman–Crippen LogP) is 2.67. The summed E-state index contributed by atoms with van der Waals surface area (Å²) in [5.74, 6) is -0.760. The molecule has 1 aromatic heterocycles. The lowest BCUT2D eigenvalue weighted by Gasteiger charge is -2.19.